The maximum Gasteiger partial charge on any atom is 0.188 e. The van der Waals surface area contributed by atoms with E-state index in [0.29, 0.717) is 19.6 Å². The molecule has 7 heteroatoms. The van der Waals surface area contributed by atoms with Gasteiger partial charge in [-0.25, -0.2) is 9.97 Å². The van der Waals surface area contributed by atoms with Crippen molar-refractivity contribution < 1.29 is 0 Å². The van der Waals surface area contributed by atoms with Crippen molar-refractivity contribution in [2.24, 2.45) is 5.73 Å². The third kappa shape index (κ3) is 5.31. The Morgan fingerprint density at radius 1 is 1.00 bits per heavy atom. The lowest BCUT2D eigenvalue weighted by Gasteiger charge is -2.29. The van der Waals surface area contributed by atoms with E-state index < -0.39 is 0 Å². The molecule has 7 nitrogen and oxygen atoms in total. The summed E-state index contributed by atoms with van der Waals surface area (Å²) in [5, 5.41) is 7.91. The first-order valence-electron chi connectivity index (χ1n) is 9.04. The maximum atomic E-state index is 7.91. The fourth-order valence-electron chi connectivity index (χ4n) is 2.95. The molecule has 2 aromatic heterocycles. The summed E-state index contributed by atoms with van der Waals surface area (Å²) >= 11 is 0. The van der Waals surface area contributed by atoms with Crippen LogP contribution >= 0.6 is 0 Å². The summed E-state index contributed by atoms with van der Waals surface area (Å²) < 4.78 is 0. The minimum absolute atomic E-state index is 0.0889. The number of aromatic amines is 1. The van der Waals surface area contributed by atoms with E-state index in [1.54, 1.807) is 12.5 Å². The summed E-state index contributed by atoms with van der Waals surface area (Å²) in [4.78, 5) is 15.7. The van der Waals surface area contributed by atoms with Crippen LogP contribution in [0, 0.1) is 5.41 Å². The van der Waals surface area contributed by atoms with Crippen LogP contribution in [0.4, 0.5) is 11.5 Å². The molecule has 1 aromatic carbocycles. The van der Waals surface area contributed by atoms with Crippen molar-refractivity contribution in [1.82, 2.24) is 19.9 Å². The van der Waals surface area contributed by atoms with Gasteiger partial charge in [-0.15, -0.1) is 0 Å². The molecule has 0 amide bonds. The first-order chi connectivity index (χ1) is 13.2. The zero-order valence-corrected chi connectivity index (χ0v) is 15.3. The van der Waals surface area contributed by atoms with Crippen molar-refractivity contribution in [2.75, 3.05) is 24.5 Å². The number of aryl methyl sites for hydroxylation is 1. The number of para-hydroxylation sites is 1. The molecule has 0 aliphatic heterocycles. The highest BCUT2D eigenvalue weighted by molar-refractivity contribution is 5.74. The molecule has 4 N–H and O–H groups in total. The quantitative estimate of drug-likeness (QED) is 0.401. The Morgan fingerprint density at radius 2 is 1.81 bits per heavy atom. The lowest BCUT2D eigenvalue weighted by molar-refractivity contribution is 0.410. The van der Waals surface area contributed by atoms with Gasteiger partial charge in [0.25, 0.3) is 0 Å². The van der Waals surface area contributed by atoms with E-state index in [1.807, 2.05) is 47.5 Å². The highest BCUT2D eigenvalue weighted by Gasteiger charge is 2.13. The topological polar surface area (TPSA) is 97.9 Å². The zero-order valence-electron chi connectivity index (χ0n) is 15.3. The second-order valence-electron chi connectivity index (χ2n) is 6.21. The SMILES string of the molecule is N=C(N)N(CCCc1c[nH]cn1)CCN(c1ccccc1)c1ccccn1. The van der Waals surface area contributed by atoms with E-state index in [9.17, 15) is 0 Å². The third-order valence-corrected chi connectivity index (χ3v) is 4.34. The summed E-state index contributed by atoms with van der Waals surface area (Å²) in [6, 6.07) is 16.0. The predicted octanol–water partition coefficient (Wildman–Crippen LogP) is 2.77. The van der Waals surface area contributed by atoms with E-state index in [-0.39, 0.29) is 5.96 Å². The second kappa shape index (κ2) is 9.38. The van der Waals surface area contributed by atoms with E-state index in [4.69, 9.17) is 11.1 Å². The molecule has 0 unspecified atom stereocenters. The van der Waals surface area contributed by atoms with Gasteiger partial charge in [0.1, 0.15) is 5.82 Å². The average molecular weight is 363 g/mol. The third-order valence-electron chi connectivity index (χ3n) is 4.34. The standard InChI is InChI=1S/C20H25N7/c21-20(22)26(12-6-7-17-15-23-16-25-17)13-14-27(18-8-2-1-3-9-18)19-10-4-5-11-24-19/h1-5,8-11,15-16H,6-7,12-14H2,(H3,21,22)(H,23,25). The zero-order chi connectivity index (χ0) is 18.9. The number of benzene rings is 1. The van der Waals surface area contributed by atoms with Crippen LogP contribution in [-0.4, -0.2) is 45.4 Å². The first kappa shape index (κ1) is 18.4. The fraction of sp³-hybridized carbons (Fsp3) is 0.250. The average Bonchev–Trinajstić information content (AvgIpc) is 3.22. The molecule has 140 valence electrons. The maximum absolute atomic E-state index is 7.91. The van der Waals surface area contributed by atoms with Gasteiger partial charge in [0.2, 0.25) is 0 Å². The van der Waals surface area contributed by atoms with Gasteiger partial charge in [-0.2, -0.15) is 0 Å². The van der Waals surface area contributed by atoms with Crippen LogP contribution < -0.4 is 10.6 Å². The fourth-order valence-corrected chi connectivity index (χ4v) is 2.95. The van der Waals surface area contributed by atoms with Crippen LogP contribution in [-0.2, 0) is 6.42 Å². The van der Waals surface area contributed by atoms with Crippen molar-refractivity contribution in [2.45, 2.75) is 12.8 Å². The Morgan fingerprint density at radius 3 is 2.48 bits per heavy atom. The monoisotopic (exact) mass is 363 g/mol. The molecule has 0 spiro atoms. The summed E-state index contributed by atoms with van der Waals surface area (Å²) in [5.41, 5.74) is 7.90. The summed E-state index contributed by atoms with van der Waals surface area (Å²) in [7, 11) is 0. The van der Waals surface area contributed by atoms with Gasteiger partial charge >= 0.3 is 0 Å². The van der Waals surface area contributed by atoms with E-state index in [0.717, 1.165) is 30.0 Å². The Kier molecular flexibility index (Phi) is 6.40. The van der Waals surface area contributed by atoms with Gasteiger partial charge in [-0.05, 0) is 37.1 Å². The van der Waals surface area contributed by atoms with E-state index in [1.165, 1.54) is 0 Å². The molecule has 0 saturated carbocycles. The van der Waals surface area contributed by atoms with Crippen LogP contribution in [0.15, 0.2) is 67.3 Å². The van der Waals surface area contributed by atoms with Crippen molar-refractivity contribution in [1.29, 1.82) is 5.41 Å². The Bertz CT molecular complexity index is 763. The highest BCUT2D eigenvalue weighted by atomic mass is 15.3. The first-order valence-corrected chi connectivity index (χ1v) is 9.04. The molecule has 0 bridgehead atoms. The van der Waals surface area contributed by atoms with Crippen LogP contribution in [0.1, 0.15) is 12.1 Å². The molecule has 0 atom stereocenters. The van der Waals surface area contributed by atoms with Crippen molar-refractivity contribution in [3.63, 3.8) is 0 Å². The highest BCUT2D eigenvalue weighted by Crippen LogP contribution is 2.22. The number of imidazole rings is 1. The summed E-state index contributed by atoms with van der Waals surface area (Å²) in [5.74, 6) is 0.967. The van der Waals surface area contributed by atoms with Gasteiger partial charge in [-0.1, -0.05) is 24.3 Å². The van der Waals surface area contributed by atoms with E-state index >= 15 is 0 Å². The van der Waals surface area contributed by atoms with Gasteiger partial charge in [0.05, 0.1) is 12.0 Å². The van der Waals surface area contributed by atoms with Gasteiger partial charge in [0.15, 0.2) is 5.96 Å². The van der Waals surface area contributed by atoms with Crippen LogP contribution in [0.5, 0.6) is 0 Å². The Hall–Kier alpha value is -3.35. The lowest BCUT2D eigenvalue weighted by Crippen LogP contribution is -2.42. The second-order valence-corrected chi connectivity index (χ2v) is 6.21. The molecule has 27 heavy (non-hydrogen) atoms. The minimum Gasteiger partial charge on any atom is -0.370 e. The molecule has 3 aromatic rings. The molecule has 0 aliphatic carbocycles. The summed E-state index contributed by atoms with van der Waals surface area (Å²) in [6.07, 6.45) is 7.12. The van der Waals surface area contributed by atoms with Crippen molar-refractivity contribution in [3.8, 4) is 0 Å². The van der Waals surface area contributed by atoms with Crippen molar-refractivity contribution >= 4 is 17.5 Å². The number of nitrogens with zero attached hydrogens (tertiary/aromatic N) is 4. The van der Waals surface area contributed by atoms with Gasteiger partial charge in [-0.3, -0.25) is 5.41 Å². The predicted molar refractivity (Wildman–Crippen MR) is 108 cm³/mol. The molecule has 0 fully saturated rings. The largest absolute Gasteiger partial charge is 0.370 e. The molecule has 0 radical (unpaired) electrons. The number of hydrogen-bond acceptors (Lipinski definition) is 4. The number of hydrogen-bond donors (Lipinski definition) is 3. The smallest absolute Gasteiger partial charge is 0.188 e. The number of pyridine rings is 1. The molecular weight excluding hydrogens is 338 g/mol. The number of anilines is 2. The van der Waals surface area contributed by atoms with Crippen LogP contribution in [0.3, 0.4) is 0 Å². The molecule has 0 saturated heterocycles. The van der Waals surface area contributed by atoms with Crippen LogP contribution in [0.2, 0.25) is 0 Å². The number of rotatable bonds is 9. The van der Waals surface area contributed by atoms with Crippen molar-refractivity contribution in [3.05, 3.63) is 72.9 Å². The lowest BCUT2D eigenvalue weighted by atomic mass is 10.2. The molecule has 3 rings (SSSR count). The summed E-state index contributed by atoms with van der Waals surface area (Å²) in [6.45, 7) is 2.04. The Balaban J connectivity index is 1.64. The normalized spacial score (nSPS) is 10.5. The molecule has 0 aliphatic rings. The molecule has 2 heterocycles. The Labute approximate surface area is 159 Å². The number of H-pyrrole nitrogens is 1. The number of nitrogens with two attached hydrogens (primary N) is 1. The minimum atomic E-state index is 0.0889. The number of guanidine groups is 1. The van der Waals surface area contributed by atoms with Crippen LogP contribution in [0.25, 0.3) is 0 Å². The molecular formula is C20H25N7. The number of nitrogens with one attached hydrogen (secondary N) is 2. The van der Waals surface area contributed by atoms with E-state index in [2.05, 4.69) is 32.0 Å². The van der Waals surface area contributed by atoms with Gasteiger partial charge in [0, 0.05) is 37.7 Å². The number of aromatic nitrogens is 3. The van der Waals surface area contributed by atoms with Gasteiger partial charge < -0.3 is 20.5 Å².